The Kier molecular flexibility index (Phi) is 3.92. The highest BCUT2D eigenvalue weighted by Crippen LogP contribution is 2.20. The van der Waals surface area contributed by atoms with Crippen LogP contribution in [0.2, 0.25) is 0 Å². The van der Waals surface area contributed by atoms with Crippen molar-refractivity contribution in [3.8, 4) is 11.4 Å². The van der Waals surface area contributed by atoms with Gasteiger partial charge in [-0.25, -0.2) is 4.68 Å². The normalized spacial score (nSPS) is 12.4. The second-order valence-electron chi connectivity index (χ2n) is 4.54. The van der Waals surface area contributed by atoms with E-state index in [2.05, 4.69) is 46.8 Å². The Morgan fingerprint density at radius 2 is 2.22 bits per heavy atom. The molecule has 1 unspecified atom stereocenters. The second kappa shape index (κ2) is 5.62. The minimum atomic E-state index is 0.475. The largest absolute Gasteiger partial charge is 0.383 e. The maximum absolute atomic E-state index is 4.02. The number of benzene rings is 1. The Bertz CT molecular complexity index is 506. The fourth-order valence-corrected chi connectivity index (χ4v) is 2.01. The Morgan fingerprint density at radius 3 is 2.89 bits per heavy atom. The van der Waals surface area contributed by atoms with Crippen LogP contribution in [0.3, 0.4) is 0 Å². The van der Waals surface area contributed by atoms with Crippen molar-refractivity contribution in [3.05, 3.63) is 24.3 Å². The van der Waals surface area contributed by atoms with Crippen molar-refractivity contribution in [2.45, 2.75) is 32.7 Å². The number of tetrazole rings is 1. The molecule has 0 aliphatic carbocycles. The van der Waals surface area contributed by atoms with Crippen molar-refractivity contribution in [2.24, 2.45) is 7.05 Å². The standard InChI is InChI=1S/C13H19N5/c1-4-6-10(2)14-12-8-5-7-11(9-12)13-15-16-17-18(13)3/h5,7-10,14H,4,6H2,1-3H3. The molecule has 2 rings (SSSR count). The summed E-state index contributed by atoms with van der Waals surface area (Å²) in [6.45, 7) is 4.39. The van der Waals surface area contributed by atoms with Crippen LogP contribution in [-0.4, -0.2) is 26.2 Å². The molecular weight excluding hydrogens is 226 g/mol. The van der Waals surface area contributed by atoms with E-state index in [1.54, 1.807) is 4.68 Å². The summed E-state index contributed by atoms with van der Waals surface area (Å²) in [5, 5.41) is 15.0. The van der Waals surface area contributed by atoms with Crippen LogP contribution in [0.15, 0.2) is 24.3 Å². The molecule has 1 N–H and O–H groups in total. The summed E-state index contributed by atoms with van der Waals surface area (Å²) in [6.07, 6.45) is 2.34. The summed E-state index contributed by atoms with van der Waals surface area (Å²) in [6, 6.07) is 8.66. The number of nitrogens with zero attached hydrogens (tertiary/aromatic N) is 4. The van der Waals surface area contributed by atoms with Crippen LogP contribution in [0.1, 0.15) is 26.7 Å². The molecule has 0 bridgehead atoms. The lowest BCUT2D eigenvalue weighted by Gasteiger charge is -2.14. The molecular formula is C13H19N5. The fourth-order valence-electron chi connectivity index (χ4n) is 2.01. The summed E-state index contributed by atoms with van der Waals surface area (Å²) in [4.78, 5) is 0. The minimum Gasteiger partial charge on any atom is -0.383 e. The summed E-state index contributed by atoms with van der Waals surface area (Å²) in [7, 11) is 1.84. The zero-order valence-electron chi connectivity index (χ0n) is 11.1. The van der Waals surface area contributed by atoms with Crippen LogP contribution in [0, 0.1) is 0 Å². The highest BCUT2D eigenvalue weighted by atomic mass is 15.5. The van der Waals surface area contributed by atoms with Gasteiger partial charge < -0.3 is 5.32 Å². The Labute approximate surface area is 107 Å². The average Bonchev–Trinajstić information content (AvgIpc) is 2.76. The first-order valence-electron chi connectivity index (χ1n) is 6.30. The summed E-state index contributed by atoms with van der Waals surface area (Å²) >= 11 is 0. The molecule has 5 nitrogen and oxygen atoms in total. The van der Waals surface area contributed by atoms with Gasteiger partial charge in [0.25, 0.3) is 0 Å². The van der Waals surface area contributed by atoms with Crippen molar-refractivity contribution in [3.63, 3.8) is 0 Å². The van der Waals surface area contributed by atoms with Gasteiger partial charge in [-0.15, -0.1) is 5.10 Å². The second-order valence-corrected chi connectivity index (χ2v) is 4.54. The third-order valence-corrected chi connectivity index (χ3v) is 2.88. The van der Waals surface area contributed by atoms with Crippen LogP contribution < -0.4 is 5.32 Å². The number of hydrogen-bond donors (Lipinski definition) is 1. The first kappa shape index (κ1) is 12.5. The van der Waals surface area contributed by atoms with Crippen molar-refractivity contribution >= 4 is 5.69 Å². The van der Waals surface area contributed by atoms with E-state index in [1.807, 2.05) is 19.2 Å². The number of hydrogen-bond acceptors (Lipinski definition) is 4. The van der Waals surface area contributed by atoms with Crippen LogP contribution in [-0.2, 0) is 7.05 Å². The quantitative estimate of drug-likeness (QED) is 0.879. The molecule has 1 aromatic carbocycles. The van der Waals surface area contributed by atoms with E-state index in [1.165, 1.54) is 6.42 Å². The monoisotopic (exact) mass is 245 g/mol. The third kappa shape index (κ3) is 2.85. The third-order valence-electron chi connectivity index (χ3n) is 2.88. The molecule has 0 spiro atoms. The molecule has 1 atom stereocenters. The molecule has 0 amide bonds. The molecule has 0 fully saturated rings. The maximum Gasteiger partial charge on any atom is 0.181 e. The lowest BCUT2D eigenvalue weighted by molar-refractivity contribution is 0.690. The molecule has 2 aromatic rings. The van der Waals surface area contributed by atoms with Gasteiger partial charge in [-0.3, -0.25) is 0 Å². The van der Waals surface area contributed by atoms with E-state index < -0.39 is 0 Å². The van der Waals surface area contributed by atoms with Crippen LogP contribution >= 0.6 is 0 Å². The van der Waals surface area contributed by atoms with Gasteiger partial charge in [0.2, 0.25) is 0 Å². The van der Waals surface area contributed by atoms with Gasteiger partial charge in [-0.2, -0.15) is 0 Å². The molecule has 0 radical (unpaired) electrons. The number of anilines is 1. The highest BCUT2D eigenvalue weighted by molar-refractivity contribution is 5.62. The van der Waals surface area contributed by atoms with Gasteiger partial charge in [0.15, 0.2) is 5.82 Å². The topological polar surface area (TPSA) is 55.6 Å². The van der Waals surface area contributed by atoms with E-state index in [4.69, 9.17) is 0 Å². The molecule has 18 heavy (non-hydrogen) atoms. The van der Waals surface area contributed by atoms with Crippen molar-refractivity contribution < 1.29 is 0 Å². The van der Waals surface area contributed by atoms with E-state index in [-0.39, 0.29) is 0 Å². The van der Waals surface area contributed by atoms with Gasteiger partial charge in [0.05, 0.1) is 0 Å². The first-order chi connectivity index (χ1) is 8.70. The Balaban J connectivity index is 2.18. The highest BCUT2D eigenvalue weighted by Gasteiger charge is 2.07. The summed E-state index contributed by atoms with van der Waals surface area (Å²) < 4.78 is 1.68. The molecule has 96 valence electrons. The van der Waals surface area contributed by atoms with Crippen LogP contribution in [0.5, 0.6) is 0 Å². The predicted octanol–water partition coefficient (Wildman–Crippen LogP) is 2.48. The molecule has 0 aliphatic rings. The first-order valence-corrected chi connectivity index (χ1v) is 6.30. The molecule has 5 heteroatoms. The van der Waals surface area contributed by atoms with E-state index in [0.29, 0.717) is 6.04 Å². The average molecular weight is 245 g/mol. The zero-order valence-corrected chi connectivity index (χ0v) is 11.1. The lowest BCUT2D eigenvalue weighted by Crippen LogP contribution is -2.14. The molecule has 0 saturated carbocycles. The molecule has 0 aliphatic heterocycles. The lowest BCUT2D eigenvalue weighted by atomic mass is 10.1. The number of aryl methyl sites for hydroxylation is 1. The zero-order chi connectivity index (χ0) is 13.0. The Morgan fingerprint density at radius 1 is 1.39 bits per heavy atom. The number of aromatic nitrogens is 4. The summed E-state index contributed by atoms with van der Waals surface area (Å²) in [5.74, 6) is 0.779. The van der Waals surface area contributed by atoms with Crippen LogP contribution in [0.4, 0.5) is 5.69 Å². The van der Waals surface area contributed by atoms with Crippen molar-refractivity contribution in [1.82, 2.24) is 20.2 Å². The van der Waals surface area contributed by atoms with Gasteiger partial charge >= 0.3 is 0 Å². The number of nitrogens with one attached hydrogen (secondary N) is 1. The van der Waals surface area contributed by atoms with Gasteiger partial charge in [0.1, 0.15) is 0 Å². The van der Waals surface area contributed by atoms with E-state index in [9.17, 15) is 0 Å². The molecule has 0 saturated heterocycles. The van der Waals surface area contributed by atoms with Gasteiger partial charge in [-0.1, -0.05) is 25.5 Å². The SMILES string of the molecule is CCCC(C)Nc1cccc(-c2nnnn2C)c1. The van der Waals surface area contributed by atoms with Crippen LogP contribution in [0.25, 0.3) is 11.4 Å². The van der Waals surface area contributed by atoms with Gasteiger partial charge in [0, 0.05) is 24.3 Å². The van der Waals surface area contributed by atoms with Gasteiger partial charge in [-0.05, 0) is 35.9 Å². The predicted molar refractivity (Wildman–Crippen MR) is 72.2 cm³/mol. The van der Waals surface area contributed by atoms with Crippen molar-refractivity contribution in [1.29, 1.82) is 0 Å². The molecule has 1 heterocycles. The minimum absolute atomic E-state index is 0.475. The fraction of sp³-hybridized carbons (Fsp3) is 0.462. The Hall–Kier alpha value is -1.91. The van der Waals surface area contributed by atoms with E-state index >= 15 is 0 Å². The van der Waals surface area contributed by atoms with Crippen molar-refractivity contribution in [2.75, 3.05) is 5.32 Å². The van der Waals surface area contributed by atoms with E-state index in [0.717, 1.165) is 23.5 Å². The maximum atomic E-state index is 4.02. The smallest absolute Gasteiger partial charge is 0.181 e. The molecule has 1 aromatic heterocycles. The summed E-state index contributed by atoms with van der Waals surface area (Å²) in [5.41, 5.74) is 2.13. The number of rotatable bonds is 5.